The smallest absolute Gasteiger partial charge is 0.223 e. The highest BCUT2D eigenvalue weighted by molar-refractivity contribution is 5.30. The lowest BCUT2D eigenvalue weighted by Crippen LogP contribution is -2.31. The molecule has 1 atom stereocenters. The van der Waals surface area contributed by atoms with Crippen molar-refractivity contribution in [3.63, 3.8) is 0 Å². The van der Waals surface area contributed by atoms with Crippen molar-refractivity contribution < 1.29 is 0 Å². The van der Waals surface area contributed by atoms with E-state index in [9.17, 15) is 0 Å². The van der Waals surface area contributed by atoms with Crippen molar-refractivity contribution in [2.45, 2.75) is 32.7 Å². The number of nitrogens with zero attached hydrogens (tertiary/aromatic N) is 2. The first-order chi connectivity index (χ1) is 7.19. The molecule has 3 N–H and O–H groups in total. The van der Waals surface area contributed by atoms with Crippen LogP contribution in [0.2, 0.25) is 0 Å². The fourth-order valence-electron chi connectivity index (χ4n) is 1.82. The second kappa shape index (κ2) is 4.14. The minimum atomic E-state index is 0.339. The Bertz CT molecular complexity index is 326. The quantitative estimate of drug-likeness (QED) is 0.778. The summed E-state index contributed by atoms with van der Waals surface area (Å²) >= 11 is 0. The molecule has 1 unspecified atom stereocenters. The average Bonchev–Trinajstić information content (AvgIpc) is 2.95. The maximum Gasteiger partial charge on any atom is 0.223 e. The van der Waals surface area contributed by atoms with Gasteiger partial charge in [0.05, 0.1) is 0 Å². The van der Waals surface area contributed by atoms with E-state index in [4.69, 9.17) is 5.73 Å². The third-order valence-corrected chi connectivity index (χ3v) is 2.74. The Morgan fingerprint density at radius 3 is 2.47 bits per heavy atom. The van der Waals surface area contributed by atoms with Gasteiger partial charge in [0.1, 0.15) is 0 Å². The van der Waals surface area contributed by atoms with Gasteiger partial charge in [-0.1, -0.05) is 0 Å². The van der Waals surface area contributed by atoms with Crippen molar-refractivity contribution in [3.05, 3.63) is 17.5 Å². The molecule has 1 saturated carbocycles. The first-order valence-electron chi connectivity index (χ1n) is 5.48. The first-order valence-corrected chi connectivity index (χ1v) is 5.48. The SMILES string of the molecule is Cc1cc(C)nc(NC(CN)C2CC2)n1. The molecule has 1 aliphatic carbocycles. The van der Waals surface area contributed by atoms with Gasteiger partial charge in [-0.05, 0) is 38.7 Å². The van der Waals surface area contributed by atoms with Crippen LogP contribution >= 0.6 is 0 Å². The zero-order chi connectivity index (χ0) is 10.8. The number of aromatic nitrogens is 2. The highest BCUT2D eigenvalue weighted by Crippen LogP contribution is 2.33. The summed E-state index contributed by atoms with van der Waals surface area (Å²) in [5.41, 5.74) is 7.71. The molecule has 4 nitrogen and oxygen atoms in total. The Morgan fingerprint density at radius 2 is 2.00 bits per heavy atom. The molecule has 1 aromatic heterocycles. The highest BCUT2D eigenvalue weighted by atomic mass is 15.1. The van der Waals surface area contributed by atoms with E-state index in [1.807, 2.05) is 19.9 Å². The molecule has 15 heavy (non-hydrogen) atoms. The van der Waals surface area contributed by atoms with E-state index in [2.05, 4.69) is 15.3 Å². The van der Waals surface area contributed by atoms with Crippen LogP contribution in [0.5, 0.6) is 0 Å². The Hall–Kier alpha value is -1.16. The number of rotatable bonds is 4. The molecule has 2 rings (SSSR count). The van der Waals surface area contributed by atoms with E-state index < -0.39 is 0 Å². The van der Waals surface area contributed by atoms with Crippen LogP contribution in [0.3, 0.4) is 0 Å². The molecule has 0 aromatic carbocycles. The van der Waals surface area contributed by atoms with Crippen LogP contribution in [0.4, 0.5) is 5.95 Å². The Morgan fingerprint density at radius 1 is 1.40 bits per heavy atom. The summed E-state index contributed by atoms with van der Waals surface area (Å²) in [6, 6.07) is 2.31. The molecule has 82 valence electrons. The standard InChI is InChI=1S/C11H18N4/c1-7-5-8(2)14-11(13-7)15-10(6-12)9-3-4-9/h5,9-10H,3-4,6,12H2,1-2H3,(H,13,14,15). The summed E-state index contributed by atoms with van der Waals surface area (Å²) < 4.78 is 0. The van der Waals surface area contributed by atoms with Gasteiger partial charge in [-0.25, -0.2) is 9.97 Å². The minimum Gasteiger partial charge on any atom is -0.350 e. The van der Waals surface area contributed by atoms with E-state index in [1.54, 1.807) is 0 Å². The van der Waals surface area contributed by atoms with Crippen LogP contribution in [0.1, 0.15) is 24.2 Å². The number of anilines is 1. The molecular formula is C11H18N4. The van der Waals surface area contributed by atoms with Crippen LogP contribution in [-0.4, -0.2) is 22.6 Å². The minimum absolute atomic E-state index is 0.339. The summed E-state index contributed by atoms with van der Waals surface area (Å²) in [6.07, 6.45) is 2.55. The lowest BCUT2D eigenvalue weighted by Gasteiger charge is -2.16. The molecule has 1 aromatic rings. The summed E-state index contributed by atoms with van der Waals surface area (Å²) in [5.74, 6) is 1.44. The van der Waals surface area contributed by atoms with Gasteiger partial charge in [0, 0.05) is 24.0 Å². The Kier molecular flexibility index (Phi) is 2.86. The molecule has 0 aliphatic heterocycles. The topological polar surface area (TPSA) is 63.8 Å². The van der Waals surface area contributed by atoms with E-state index in [0.717, 1.165) is 23.3 Å². The van der Waals surface area contributed by atoms with Gasteiger partial charge in [0.2, 0.25) is 5.95 Å². The molecule has 0 spiro atoms. The molecular weight excluding hydrogens is 188 g/mol. The molecule has 0 bridgehead atoms. The number of nitrogens with one attached hydrogen (secondary N) is 1. The molecule has 1 heterocycles. The zero-order valence-corrected chi connectivity index (χ0v) is 9.33. The summed E-state index contributed by atoms with van der Waals surface area (Å²) in [5, 5.41) is 3.33. The number of hydrogen-bond acceptors (Lipinski definition) is 4. The lowest BCUT2D eigenvalue weighted by atomic mass is 10.2. The molecule has 0 amide bonds. The van der Waals surface area contributed by atoms with Crippen LogP contribution in [0.25, 0.3) is 0 Å². The van der Waals surface area contributed by atoms with Gasteiger partial charge in [-0.3, -0.25) is 0 Å². The molecule has 4 heteroatoms. The summed E-state index contributed by atoms with van der Waals surface area (Å²) in [4.78, 5) is 8.71. The first kappa shape index (κ1) is 10.4. The predicted molar refractivity (Wildman–Crippen MR) is 60.7 cm³/mol. The van der Waals surface area contributed by atoms with E-state index in [0.29, 0.717) is 12.6 Å². The molecule has 1 fully saturated rings. The predicted octanol–water partition coefficient (Wildman–Crippen LogP) is 1.24. The second-order valence-corrected chi connectivity index (χ2v) is 4.30. The van der Waals surface area contributed by atoms with Crippen LogP contribution < -0.4 is 11.1 Å². The third kappa shape index (κ3) is 2.65. The summed E-state index contributed by atoms with van der Waals surface area (Å²) in [7, 11) is 0. The van der Waals surface area contributed by atoms with E-state index in [-0.39, 0.29) is 0 Å². The second-order valence-electron chi connectivity index (χ2n) is 4.30. The number of nitrogens with two attached hydrogens (primary N) is 1. The van der Waals surface area contributed by atoms with Crippen molar-refractivity contribution in [1.29, 1.82) is 0 Å². The van der Waals surface area contributed by atoms with Crippen molar-refractivity contribution >= 4 is 5.95 Å². The maximum absolute atomic E-state index is 5.72. The van der Waals surface area contributed by atoms with Crippen LogP contribution in [0, 0.1) is 19.8 Å². The fraction of sp³-hybridized carbons (Fsp3) is 0.636. The van der Waals surface area contributed by atoms with Gasteiger partial charge in [-0.15, -0.1) is 0 Å². The van der Waals surface area contributed by atoms with Gasteiger partial charge in [0.15, 0.2) is 0 Å². The van der Waals surface area contributed by atoms with Gasteiger partial charge in [0.25, 0.3) is 0 Å². The average molecular weight is 206 g/mol. The monoisotopic (exact) mass is 206 g/mol. The van der Waals surface area contributed by atoms with Crippen molar-refractivity contribution in [2.75, 3.05) is 11.9 Å². The highest BCUT2D eigenvalue weighted by Gasteiger charge is 2.30. The Labute approximate surface area is 90.3 Å². The number of hydrogen-bond donors (Lipinski definition) is 2. The van der Waals surface area contributed by atoms with Gasteiger partial charge in [-0.2, -0.15) is 0 Å². The molecule has 0 radical (unpaired) electrons. The normalized spacial score (nSPS) is 17.5. The van der Waals surface area contributed by atoms with Crippen molar-refractivity contribution in [3.8, 4) is 0 Å². The molecule has 1 aliphatic rings. The van der Waals surface area contributed by atoms with E-state index in [1.165, 1.54) is 12.8 Å². The van der Waals surface area contributed by atoms with Crippen molar-refractivity contribution in [1.82, 2.24) is 9.97 Å². The van der Waals surface area contributed by atoms with Crippen LogP contribution in [-0.2, 0) is 0 Å². The lowest BCUT2D eigenvalue weighted by molar-refractivity contribution is 0.638. The zero-order valence-electron chi connectivity index (χ0n) is 9.33. The fourth-order valence-corrected chi connectivity index (χ4v) is 1.82. The van der Waals surface area contributed by atoms with Crippen molar-refractivity contribution in [2.24, 2.45) is 11.7 Å². The van der Waals surface area contributed by atoms with Gasteiger partial charge >= 0.3 is 0 Å². The maximum atomic E-state index is 5.72. The van der Waals surface area contributed by atoms with Crippen LogP contribution in [0.15, 0.2) is 6.07 Å². The largest absolute Gasteiger partial charge is 0.350 e. The molecule has 0 saturated heterocycles. The summed E-state index contributed by atoms with van der Waals surface area (Å²) in [6.45, 7) is 4.61. The number of aryl methyl sites for hydroxylation is 2. The Balaban J connectivity index is 2.08. The van der Waals surface area contributed by atoms with E-state index >= 15 is 0 Å². The van der Waals surface area contributed by atoms with Gasteiger partial charge < -0.3 is 11.1 Å². The third-order valence-electron chi connectivity index (χ3n) is 2.74.